The van der Waals surface area contributed by atoms with Crippen LogP contribution in [0, 0.1) is 5.92 Å². The predicted molar refractivity (Wildman–Crippen MR) is 81.3 cm³/mol. The van der Waals surface area contributed by atoms with E-state index in [4.69, 9.17) is 5.11 Å². The van der Waals surface area contributed by atoms with E-state index < -0.39 is 16.0 Å². The maximum absolute atomic E-state index is 12.5. The van der Waals surface area contributed by atoms with Crippen LogP contribution in [0.4, 0.5) is 0 Å². The highest BCUT2D eigenvalue weighted by molar-refractivity contribution is 7.89. The summed E-state index contributed by atoms with van der Waals surface area (Å²) in [5.41, 5.74) is 0. The van der Waals surface area contributed by atoms with E-state index in [1.807, 2.05) is 0 Å². The topological polar surface area (TPSA) is 77.9 Å². The Bertz CT molecular complexity index is 601. The second-order valence-electron chi connectivity index (χ2n) is 5.55. The smallest absolute Gasteiger partial charge is 0.345 e. The van der Waals surface area contributed by atoms with Gasteiger partial charge in [-0.3, -0.25) is 0 Å². The summed E-state index contributed by atoms with van der Waals surface area (Å²) >= 11 is 0.942. The molecule has 1 saturated heterocycles. The van der Waals surface area contributed by atoms with Crippen molar-refractivity contribution < 1.29 is 18.3 Å². The Morgan fingerprint density at radius 2 is 1.95 bits per heavy atom. The predicted octanol–water partition coefficient (Wildman–Crippen LogP) is 1.41. The van der Waals surface area contributed by atoms with Gasteiger partial charge in [0.2, 0.25) is 10.0 Å². The summed E-state index contributed by atoms with van der Waals surface area (Å²) in [6.45, 7) is 7.58. The molecule has 2 rings (SSSR count). The maximum Gasteiger partial charge on any atom is 0.345 e. The number of carboxylic acids is 1. The largest absolute Gasteiger partial charge is 0.477 e. The molecule has 118 valence electrons. The first-order chi connectivity index (χ1) is 9.80. The molecular formula is C13H20N2O4S2. The van der Waals surface area contributed by atoms with E-state index in [1.54, 1.807) is 0 Å². The van der Waals surface area contributed by atoms with Gasteiger partial charge in [0.15, 0.2) is 0 Å². The number of hydrogen-bond donors (Lipinski definition) is 1. The molecule has 1 aromatic heterocycles. The lowest BCUT2D eigenvalue weighted by atomic mass is 10.2. The van der Waals surface area contributed by atoms with Gasteiger partial charge in [-0.2, -0.15) is 4.31 Å². The number of thiophene rings is 1. The van der Waals surface area contributed by atoms with Gasteiger partial charge in [-0.05, 0) is 12.0 Å². The van der Waals surface area contributed by atoms with Crippen molar-refractivity contribution >= 4 is 27.3 Å². The van der Waals surface area contributed by atoms with E-state index in [-0.39, 0.29) is 9.77 Å². The lowest BCUT2D eigenvalue weighted by molar-refractivity contribution is 0.0702. The Labute approximate surface area is 129 Å². The Hall–Kier alpha value is -0.960. The zero-order valence-electron chi connectivity index (χ0n) is 12.2. The van der Waals surface area contributed by atoms with Crippen LogP contribution in [0.2, 0.25) is 0 Å². The van der Waals surface area contributed by atoms with Crippen LogP contribution < -0.4 is 0 Å². The fourth-order valence-corrected chi connectivity index (χ4v) is 4.91. The molecule has 2 heterocycles. The summed E-state index contributed by atoms with van der Waals surface area (Å²) in [4.78, 5) is 13.2. The highest BCUT2D eigenvalue weighted by Gasteiger charge is 2.29. The minimum Gasteiger partial charge on any atom is -0.477 e. The molecule has 0 saturated carbocycles. The fourth-order valence-electron chi connectivity index (χ4n) is 2.38. The van der Waals surface area contributed by atoms with Crippen molar-refractivity contribution in [2.75, 3.05) is 32.7 Å². The molecule has 0 unspecified atom stereocenters. The second-order valence-corrected chi connectivity index (χ2v) is 8.40. The Balaban J connectivity index is 2.05. The summed E-state index contributed by atoms with van der Waals surface area (Å²) in [6, 6.07) is 1.24. The highest BCUT2D eigenvalue weighted by atomic mass is 32.2. The summed E-state index contributed by atoms with van der Waals surface area (Å²) in [7, 11) is -3.57. The number of sulfonamides is 1. The minimum atomic E-state index is -3.57. The quantitative estimate of drug-likeness (QED) is 0.882. The fraction of sp³-hybridized carbons (Fsp3) is 0.615. The summed E-state index contributed by atoms with van der Waals surface area (Å²) in [6.07, 6.45) is 0. The monoisotopic (exact) mass is 332 g/mol. The van der Waals surface area contributed by atoms with Crippen molar-refractivity contribution in [1.29, 1.82) is 0 Å². The van der Waals surface area contributed by atoms with Gasteiger partial charge in [0.25, 0.3) is 0 Å². The molecule has 1 aliphatic rings. The normalized spacial score (nSPS) is 18.2. The number of nitrogens with zero attached hydrogens (tertiary/aromatic N) is 2. The third-order valence-corrected chi connectivity index (χ3v) is 6.32. The lowest BCUT2D eigenvalue weighted by Crippen LogP contribution is -2.49. The number of rotatable bonds is 5. The number of piperazine rings is 1. The maximum atomic E-state index is 12.5. The molecule has 0 aliphatic carbocycles. The number of aromatic carboxylic acids is 1. The van der Waals surface area contributed by atoms with Gasteiger partial charge in [-0.15, -0.1) is 11.3 Å². The van der Waals surface area contributed by atoms with Crippen LogP contribution in [0.1, 0.15) is 23.5 Å². The van der Waals surface area contributed by atoms with Crippen LogP contribution in [0.5, 0.6) is 0 Å². The SMILES string of the molecule is CC(C)CN1CCN(S(=O)(=O)c2csc(C(=O)O)c2)CC1. The van der Waals surface area contributed by atoms with Crippen molar-refractivity contribution in [3.05, 3.63) is 16.3 Å². The van der Waals surface area contributed by atoms with Gasteiger partial charge in [0.05, 0.1) is 4.90 Å². The highest BCUT2D eigenvalue weighted by Crippen LogP contribution is 2.23. The molecule has 1 fully saturated rings. The van der Waals surface area contributed by atoms with Crippen LogP contribution in [0.25, 0.3) is 0 Å². The molecule has 0 bridgehead atoms. The third kappa shape index (κ3) is 3.82. The Morgan fingerprint density at radius 3 is 2.43 bits per heavy atom. The van der Waals surface area contributed by atoms with Crippen molar-refractivity contribution in [2.45, 2.75) is 18.7 Å². The molecule has 0 amide bonds. The molecule has 8 heteroatoms. The van der Waals surface area contributed by atoms with Gasteiger partial charge in [-0.25, -0.2) is 13.2 Å². The van der Waals surface area contributed by atoms with E-state index in [9.17, 15) is 13.2 Å². The van der Waals surface area contributed by atoms with E-state index in [0.29, 0.717) is 32.1 Å². The molecule has 0 aromatic carbocycles. The standard InChI is InChI=1S/C13H20N2O4S2/c1-10(2)8-14-3-5-15(6-4-14)21(18,19)11-7-12(13(16)17)20-9-11/h7,9-10H,3-6,8H2,1-2H3,(H,16,17). The van der Waals surface area contributed by atoms with Crippen LogP contribution >= 0.6 is 11.3 Å². The van der Waals surface area contributed by atoms with Gasteiger partial charge < -0.3 is 10.0 Å². The zero-order valence-corrected chi connectivity index (χ0v) is 13.8. The third-order valence-electron chi connectivity index (χ3n) is 3.38. The second kappa shape index (κ2) is 6.43. The first-order valence-electron chi connectivity index (χ1n) is 6.85. The zero-order chi connectivity index (χ0) is 15.6. The summed E-state index contributed by atoms with van der Waals surface area (Å²) < 4.78 is 26.4. The summed E-state index contributed by atoms with van der Waals surface area (Å²) in [5.74, 6) is -0.536. The molecule has 1 aromatic rings. The van der Waals surface area contributed by atoms with E-state index in [1.165, 1.54) is 15.8 Å². The molecule has 0 atom stereocenters. The van der Waals surface area contributed by atoms with Gasteiger partial charge in [-0.1, -0.05) is 13.8 Å². The molecule has 1 aliphatic heterocycles. The van der Waals surface area contributed by atoms with Crippen molar-refractivity contribution in [2.24, 2.45) is 5.92 Å². The van der Waals surface area contributed by atoms with Gasteiger partial charge >= 0.3 is 5.97 Å². The van der Waals surface area contributed by atoms with Crippen LogP contribution in [0.15, 0.2) is 16.3 Å². The number of carbonyl (C=O) groups is 1. The first-order valence-corrected chi connectivity index (χ1v) is 9.17. The average molecular weight is 332 g/mol. The molecular weight excluding hydrogens is 312 g/mol. The average Bonchev–Trinajstić information content (AvgIpc) is 2.89. The van der Waals surface area contributed by atoms with Gasteiger partial charge in [0, 0.05) is 38.1 Å². The van der Waals surface area contributed by atoms with Crippen LogP contribution in [0.3, 0.4) is 0 Å². The molecule has 6 nitrogen and oxygen atoms in total. The van der Waals surface area contributed by atoms with E-state index in [0.717, 1.165) is 17.9 Å². The molecule has 0 spiro atoms. The molecule has 1 N–H and O–H groups in total. The van der Waals surface area contributed by atoms with E-state index in [2.05, 4.69) is 18.7 Å². The number of hydrogen-bond acceptors (Lipinski definition) is 5. The summed E-state index contributed by atoms with van der Waals surface area (Å²) in [5, 5.41) is 10.3. The van der Waals surface area contributed by atoms with Crippen molar-refractivity contribution in [1.82, 2.24) is 9.21 Å². The van der Waals surface area contributed by atoms with Crippen molar-refractivity contribution in [3.63, 3.8) is 0 Å². The minimum absolute atomic E-state index is 0.0482. The molecule has 21 heavy (non-hydrogen) atoms. The Morgan fingerprint density at radius 1 is 1.33 bits per heavy atom. The van der Waals surface area contributed by atoms with Crippen molar-refractivity contribution in [3.8, 4) is 0 Å². The Kier molecular flexibility index (Phi) is 5.03. The first kappa shape index (κ1) is 16.4. The van der Waals surface area contributed by atoms with Crippen LogP contribution in [-0.2, 0) is 10.0 Å². The molecule has 0 radical (unpaired) electrons. The lowest BCUT2D eigenvalue weighted by Gasteiger charge is -2.34. The van der Waals surface area contributed by atoms with Crippen LogP contribution in [-0.4, -0.2) is 61.4 Å². The van der Waals surface area contributed by atoms with E-state index >= 15 is 0 Å². The number of carboxylic acid groups (broad SMARTS) is 1. The van der Waals surface area contributed by atoms with Gasteiger partial charge in [0.1, 0.15) is 4.88 Å².